The van der Waals surface area contributed by atoms with Crippen molar-refractivity contribution < 1.29 is 12.8 Å². The van der Waals surface area contributed by atoms with Gasteiger partial charge in [-0.2, -0.15) is 4.31 Å². The van der Waals surface area contributed by atoms with Crippen LogP contribution in [0.4, 0.5) is 0 Å². The Labute approximate surface area is 119 Å². The maximum Gasteiger partial charge on any atom is 0.276 e. The lowest BCUT2D eigenvalue weighted by molar-refractivity contribution is 0.389. The molecule has 0 spiro atoms. The second kappa shape index (κ2) is 6.21. The molecule has 2 aromatic rings. The fourth-order valence-electron chi connectivity index (χ4n) is 1.81. The Balaban J connectivity index is 2.05. The van der Waals surface area contributed by atoms with Gasteiger partial charge in [0.05, 0.1) is 6.54 Å². The van der Waals surface area contributed by atoms with Crippen LogP contribution in [0.15, 0.2) is 52.0 Å². The van der Waals surface area contributed by atoms with Crippen molar-refractivity contribution in [1.82, 2.24) is 4.31 Å². The Morgan fingerprint density at radius 2 is 1.85 bits per heavy atom. The third kappa shape index (κ3) is 3.27. The Kier molecular flexibility index (Phi) is 4.59. The summed E-state index contributed by atoms with van der Waals surface area (Å²) in [6, 6.07) is 12.8. The summed E-state index contributed by atoms with van der Waals surface area (Å²) in [6.45, 7) is 0.578. The maximum absolute atomic E-state index is 12.3. The predicted molar refractivity (Wildman–Crippen MR) is 76.6 cm³/mol. The van der Waals surface area contributed by atoms with Gasteiger partial charge in [0.1, 0.15) is 5.76 Å². The predicted octanol–water partition coefficient (Wildman–Crippen LogP) is 1.60. The van der Waals surface area contributed by atoms with Crippen LogP contribution in [0.3, 0.4) is 0 Å². The SMILES string of the molecule is CN(CCc1ccccc1)S(=O)(=O)c1ccc(CN)o1. The smallest absolute Gasteiger partial charge is 0.276 e. The molecule has 6 heteroatoms. The molecule has 0 saturated carbocycles. The molecular weight excluding hydrogens is 276 g/mol. The van der Waals surface area contributed by atoms with Gasteiger partial charge in [-0.25, -0.2) is 8.42 Å². The van der Waals surface area contributed by atoms with Gasteiger partial charge >= 0.3 is 0 Å². The summed E-state index contributed by atoms with van der Waals surface area (Å²) in [5.41, 5.74) is 6.51. The highest BCUT2D eigenvalue weighted by molar-refractivity contribution is 7.89. The standard InChI is InChI=1S/C14H18N2O3S/c1-16(10-9-12-5-3-2-4-6-12)20(17,18)14-8-7-13(11-15)19-14/h2-8H,9-11,15H2,1H3. The summed E-state index contributed by atoms with van der Waals surface area (Å²) in [7, 11) is -2.04. The molecule has 0 aliphatic heterocycles. The van der Waals surface area contributed by atoms with E-state index in [1.807, 2.05) is 30.3 Å². The van der Waals surface area contributed by atoms with E-state index < -0.39 is 10.0 Å². The fourth-order valence-corrected chi connectivity index (χ4v) is 2.90. The third-order valence-electron chi connectivity index (χ3n) is 3.06. The highest BCUT2D eigenvalue weighted by atomic mass is 32.2. The molecule has 0 unspecified atom stereocenters. The van der Waals surface area contributed by atoms with Crippen LogP contribution in [-0.4, -0.2) is 26.3 Å². The van der Waals surface area contributed by atoms with Crippen LogP contribution in [0.25, 0.3) is 0 Å². The van der Waals surface area contributed by atoms with Crippen LogP contribution in [0.5, 0.6) is 0 Å². The average molecular weight is 294 g/mol. The van der Waals surface area contributed by atoms with Crippen LogP contribution in [0, 0.1) is 0 Å². The Hall–Kier alpha value is -1.63. The summed E-state index contributed by atoms with van der Waals surface area (Å²) in [5, 5.41) is -0.0616. The molecular formula is C14H18N2O3S. The lowest BCUT2D eigenvalue weighted by Gasteiger charge is -2.15. The summed E-state index contributed by atoms with van der Waals surface area (Å²) < 4.78 is 31.1. The normalized spacial score (nSPS) is 11.9. The number of benzene rings is 1. The first kappa shape index (κ1) is 14.8. The number of furan rings is 1. The molecule has 2 N–H and O–H groups in total. The quantitative estimate of drug-likeness (QED) is 0.878. The van der Waals surface area contributed by atoms with Crippen LogP contribution in [-0.2, 0) is 23.0 Å². The minimum absolute atomic E-state index is 0.0616. The number of sulfonamides is 1. The summed E-state index contributed by atoms with van der Waals surface area (Å²) in [4.78, 5) is 0. The summed E-state index contributed by atoms with van der Waals surface area (Å²) in [6.07, 6.45) is 0.654. The summed E-state index contributed by atoms with van der Waals surface area (Å²) >= 11 is 0. The lowest BCUT2D eigenvalue weighted by atomic mass is 10.2. The molecule has 2 rings (SSSR count). The van der Waals surface area contributed by atoms with Gasteiger partial charge in [0, 0.05) is 13.6 Å². The van der Waals surface area contributed by atoms with Gasteiger partial charge in [0.15, 0.2) is 0 Å². The van der Waals surface area contributed by atoms with Gasteiger partial charge in [-0.1, -0.05) is 30.3 Å². The van der Waals surface area contributed by atoms with Crippen molar-refractivity contribution in [3.05, 3.63) is 53.8 Å². The zero-order valence-electron chi connectivity index (χ0n) is 11.3. The Bertz CT molecular complexity index is 650. The monoisotopic (exact) mass is 294 g/mol. The number of hydrogen-bond donors (Lipinski definition) is 1. The minimum atomic E-state index is -3.59. The average Bonchev–Trinajstić information content (AvgIpc) is 2.95. The van der Waals surface area contributed by atoms with E-state index in [0.717, 1.165) is 5.56 Å². The summed E-state index contributed by atoms with van der Waals surface area (Å²) in [5.74, 6) is 0.458. The van der Waals surface area contributed by atoms with Crippen LogP contribution < -0.4 is 5.73 Å². The fraction of sp³-hybridized carbons (Fsp3) is 0.286. The first-order valence-corrected chi connectivity index (χ1v) is 7.77. The van der Waals surface area contributed by atoms with Gasteiger partial charge in [0.2, 0.25) is 5.09 Å². The molecule has 108 valence electrons. The molecule has 0 atom stereocenters. The van der Waals surface area contributed by atoms with Gasteiger partial charge in [-0.3, -0.25) is 0 Å². The molecule has 0 aliphatic rings. The highest BCUT2D eigenvalue weighted by Crippen LogP contribution is 2.17. The molecule has 1 heterocycles. The van der Waals surface area contributed by atoms with Crippen LogP contribution >= 0.6 is 0 Å². The van der Waals surface area contributed by atoms with Gasteiger partial charge in [-0.15, -0.1) is 0 Å². The zero-order chi connectivity index (χ0) is 14.6. The van der Waals surface area contributed by atoms with Crippen molar-refractivity contribution in [3.63, 3.8) is 0 Å². The van der Waals surface area contributed by atoms with E-state index in [4.69, 9.17) is 10.2 Å². The van der Waals surface area contributed by atoms with Crippen molar-refractivity contribution >= 4 is 10.0 Å². The van der Waals surface area contributed by atoms with E-state index in [1.165, 1.54) is 10.4 Å². The van der Waals surface area contributed by atoms with Crippen molar-refractivity contribution in [1.29, 1.82) is 0 Å². The number of likely N-dealkylation sites (N-methyl/N-ethyl adjacent to an activating group) is 1. The molecule has 0 fully saturated rings. The molecule has 0 saturated heterocycles. The number of rotatable bonds is 6. The molecule has 1 aromatic carbocycles. The van der Waals surface area contributed by atoms with E-state index in [0.29, 0.717) is 18.7 Å². The van der Waals surface area contributed by atoms with Gasteiger partial charge in [-0.05, 0) is 24.1 Å². The third-order valence-corrected chi connectivity index (χ3v) is 4.79. The van der Waals surface area contributed by atoms with E-state index in [9.17, 15) is 8.42 Å². The van der Waals surface area contributed by atoms with E-state index in [2.05, 4.69) is 0 Å². The molecule has 0 aliphatic carbocycles. The largest absolute Gasteiger partial charge is 0.447 e. The topological polar surface area (TPSA) is 76.5 Å². The maximum atomic E-state index is 12.3. The highest BCUT2D eigenvalue weighted by Gasteiger charge is 2.24. The van der Waals surface area contributed by atoms with Crippen molar-refractivity contribution in [2.75, 3.05) is 13.6 Å². The van der Waals surface area contributed by atoms with Crippen LogP contribution in [0.2, 0.25) is 0 Å². The van der Waals surface area contributed by atoms with E-state index >= 15 is 0 Å². The van der Waals surface area contributed by atoms with Gasteiger partial charge in [0.25, 0.3) is 10.0 Å². The van der Waals surface area contributed by atoms with Crippen molar-refractivity contribution in [2.45, 2.75) is 18.1 Å². The molecule has 20 heavy (non-hydrogen) atoms. The molecule has 5 nitrogen and oxygen atoms in total. The molecule has 1 aromatic heterocycles. The van der Waals surface area contributed by atoms with Crippen LogP contribution in [0.1, 0.15) is 11.3 Å². The second-order valence-corrected chi connectivity index (χ2v) is 6.46. The lowest BCUT2D eigenvalue weighted by Crippen LogP contribution is -2.28. The Morgan fingerprint density at radius 3 is 2.45 bits per heavy atom. The molecule has 0 amide bonds. The Morgan fingerprint density at radius 1 is 1.15 bits per heavy atom. The number of hydrogen-bond acceptors (Lipinski definition) is 4. The molecule has 0 bridgehead atoms. The van der Waals surface area contributed by atoms with Crippen molar-refractivity contribution in [3.8, 4) is 0 Å². The first-order chi connectivity index (χ1) is 9.54. The second-order valence-electron chi connectivity index (χ2n) is 4.49. The van der Waals surface area contributed by atoms with E-state index in [1.54, 1.807) is 13.1 Å². The number of nitrogens with two attached hydrogens (primary N) is 1. The molecule has 0 radical (unpaired) electrons. The first-order valence-electron chi connectivity index (χ1n) is 6.33. The number of nitrogens with zero attached hydrogens (tertiary/aromatic N) is 1. The minimum Gasteiger partial charge on any atom is -0.447 e. The van der Waals surface area contributed by atoms with Crippen molar-refractivity contribution in [2.24, 2.45) is 5.73 Å². The van der Waals surface area contributed by atoms with Gasteiger partial charge < -0.3 is 10.2 Å². The van der Waals surface area contributed by atoms with E-state index in [-0.39, 0.29) is 11.6 Å². The zero-order valence-corrected chi connectivity index (χ0v) is 12.1.